The molecule has 6 heteroatoms. The van der Waals surface area contributed by atoms with Crippen LogP contribution in [-0.2, 0) is 0 Å². The number of nitrogens with one attached hydrogen (secondary N) is 1. The van der Waals surface area contributed by atoms with Crippen LogP contribution in [0.1, 0.15) is 26.5 Å². The van der Waals surface area contributed by atoms with Crippen LogP contribution >= 0.6 is 11.5 Å². The lowest BCUT2D eigenvalue weighted by atomic mass is 10.1. The summed E-state index contributed by atoms with van der Waals surface area (Å²) in [5.41, 5.74) is 9.78. The molecule has 1 aromatic carbocycles. The van der Waals surface area contributed by atoms with Gasteiger partial charge in [-0.2, -0.15) is 0 Å². The molecule has 0 aliphatic rings. The van der Waals surface area contributed by atoms with Gasteiger partial charge in [0.2, 0.25) is 0 Å². The van der Waals surface area contributed by atoms with Gasteiger partial charge in [0.05, 0.1) is 17.1 Å². The van der Waals surface area contributed by atoms with E-state index >= 15 is 0 Å². The smallest absolute Gasteiger partial charge is 0.269 e. The van der Waals surface area contributed by atoms with Crippen LogP contribution in [0.4, 0.5) is 11.4 Å². The molecule has 2 aromatic rings. The summed E-state index contributed by atoms with van der Waals surface area (Å²) in [5, 5.41) is 6.65. The maximum absolute atomic E-state index is 12.1. The highest BCUT2D eigenvalue weighted by Gasteiger charge is 2.16. The lowest BCUT2D eigenvalue weighted by Gasteiger charge is -2.12. The van der Waals surface area contributed by atoms with Crippen LogP contribution in [0.25, 0.3) is 0 Å². The van der Waals surface area contributed by atoms with E-state index < -0.39 is 0 Å². The zero-order chi connectivity index (χ0) is 13.3. The molecule has 0 saturated heterocycles. The number of carbonyl (C=O) groups is 1. The monoisotopic (exact) mass is 262 g/mol. The average molecular weight is 262 g/mol. The first-order chi connectivity index (χ1) is 8.50. The Kier molecular flexibility index (Phi) is 3.29. The minimum absolute atomic E-state index is 0.220. The van der Waals surface area contributed by atoms with E-state index in [9.17, 15) is 4.79 Å². The van der Waals surface area contributed by atoms with Crippen molar-refractivity contribution in [1.29, 1.82) is 0 Å². The van der Waals surface area contributed by atoms with Crippen molar-refractivity contribution in [2.24, 2.45) is 0 Å². The number of nitrogen functional groups attached to an aromatic ring is 1. The molecule has 0 saturated carbocycles. The number of amides is 1. The maximum atomic E-state index is 12.1. The number of nitrogens with two attached hydrogens (primary N) is 1. The predicted molar refractivity (Wildman–Crippen MR) is 72.9 cm³/mol. The second-order valence-electron chi connectivity index (χ2n) is 4.11. The SMILES string of the molecule is Cc1ccc(N)c(NC(=O)c2snnc2C)c1C. The summed E-state index contributed by atoms with van der Waals surface area (Å²) in [6.07, 6.45) is 0. The van der Waals surface area contributed by atoms with Gasteiger partial charge in [0.15, 0.2) is 0 Å². The third-order valence-corrected chi connectivity index (χ3v) is 3.69. The number of rotatable bonds is 2. The normalized spacial score (nSPS) is 10.4. The standard InChI is InChI=1S/C12H14N4OS/c1-6-4-5-9(13)10(7(6)2)14-12(17)11-8(3)15-16-18-11/h4-5H,13H2,1-3H3,(H,14,17). The Bertz CT molecular complexity index is 606. The second kappa shape index (κ2) is 4.73. The van der Waals surface area contributed by atoms with Crippen molar-refractivity contribution in [3.63, 3.8) is 0 Å². The molecule has 0 aliphatic heterocycles. The first-order valence-electron chi connectivity index (χ1n) is 5.46. The van der Waals surface area contributed by atoms with Gasteiger partial charge >= 0.3 is 0 Å². The molecule has 0 aliphatic carbocycles. The van der Waals surface area contributed by atoms with Crippen molar-refractivity contribution in [3.8, 4) is 0 Å². The third-order valence-electron chi connectivity index (χ3n) is 2.86. The molecule has 3 N–H and O–H groups in total. The lowest BCUT2D eigenvalue weighted by Crippen LogP contribution is -2.14. The molecule has 2 rings (SSSR count). The largest absolute Gasteiger partial charge is 0.397 e. The molecule has 0 fully saturated rings. The van der Waals surface area contributed by atoms with E-state index in [0.29, 0.717) is 21.9 Å². The number of nitrogens with zero attached hydrogens (tertiary/aromatic N) is 2. The van der Waals surface area contributed by atoms with Crippen LogP contribution < -0.4 is 11.1 Å². The van der Waals surface area contributed by atoms with E-state index in [0.717, 1.165) is 22.7 Å². The van der Waals surface area contributed by atoms with Crippen LogP contribution in [0.15, 0.2) is 12.1 Å². The second-order valence-corrected chi connectivity index (χ2v) is 4.87. The Labute approximate surface area is 109 Å². The van der Waals surface area contributed by atoms with E-state index in [4.69, 9.17) is 5.73 Å². The number of anilines is 2. The van der Waals surface area contributed by atoms with Crippen molar-refractivity contribution in [3.05, 3.63) is 33.8 Å². The predicted octanol–water partition coefficient (Wildman–Crippen LogP) is 2.30. The summed E-state index contributed by atoms with van der Waals surface area (Å²) in [7, 11) is 0. The Morgan fingerprint density at radius 3 is 2.67 bits per heavy atom. The number of aryl methyl sites for hydroxylation is 2. The zero-order valence-corrected chi connectivity index (χ0v) is 11.3. The van der Waals surface area contributed by atoms with E-state index in [-0.39, 0.29) is 5.91 Å². The molecule has 0 unspecified atom stereocenters. The fourth-order valence-electron chi connectivity index (χ4n) is 1.61. The lowest BCUT2D eigenvalue weighted by molar-refractivity contribution is 0.103. The highest BCUT2D eigenvalue weighted by Crippen LogP contribution is 2.26. The van der Waals surface area contributed by atoms with Crippen LogP contribution in [0, 0.1) is 20.8 Å². The third kappa shape index (κ3) is 2.19. The summed E-state index contributed by atoms with van der Waals surface area (Å²) >= 11 is 1.08. The molecule has 0 atom stereocenters. The molecule has 1 heterocycles. The van der Waals surface area contributed by atoms with Gasteiger partial charge in [0.25, 0.3) is 5.91 Å². The molecule has 0 spiro atoms. The van der Waals surface area contributed by atoms with E-state index in [1.807, 2.05) is 19.9 Å². The Balaban J connectivity index is 2.33. The molecule has 5 nitrogen and oxygen atoms in total. The van der Waals surface area contributed by atoms with Gasteiger partial charge in [0, 0.05) is 0 Å². The van der Waals surface area contributed by atoms with E-state index in [1.165, 1.54) is 0 Å². The van der Waals surface area contributed by atoms with Crippen LogP contribution in [0.2, 0.25) is 0 Å². The highest BCUT2D eigenvalue weighted by molar-refractivity contribution is 7.08. The fourth-order valence-corrected chi connectivity index (χ4v) is 2.16. The Morgan fingerprint density at radius 1 is 1.33 bits per heavy atom. The summed E-state index contributed by atoms with van der Waals surface area (Å²) in [6, 6.07) is 3.72. The van der Waals surface area contributed by atoms with Crippen molar-refractivity contribution < 1.29 is 4.79 Å². The minimum Gasteiger partial charge on any atom is -0.397 e. The summed E-state index contributed by atoms with van der Waals surface area (Å²) in [5.74, 6) is -0.220. The van der Waals surface area contributed by atoms with Crippen molar-refractivity contribution >= 4 is 28.8 Å². The number of hydrogen-bond acceptors (Lipinski definition) is 5. The molecule has 1 amide bonds. The molecule has 18 heavy (non-hydrogen) atoms. The van der Waals surface area contributed by atoms with Crippen LogP contribution in [0.5, 0.6) is 0 Å². The van der Waals surface area contributed by atoms with Crippen molar-refractivity contribution in [2.45, 2.75) is 20.8 Å². The minimum atomic E-state index is -0.220. The average Bonchev–Trinajstić information content (AvgIpc) is 2.76. The number of hydrogen-bond donors (Lipinski definition) is 2. The quantitative estimate of drug-likeness (QED) is 0.814. The maximum Gasteiger partial charge on any atom is 0.269 e. The van der Waals surface area contributed by atoms with Gasteiger partial charge < -0.3 is 11.1 Å². The molecule has 0 radical (unpaired) electrons. The molecule has 94 valence electrons. The van der Waals surface area contributed by atoms with Gasteiger partial charge in [-0.1, -0.05) is 10.6 Å². The summed E-state index contributed by atoms with van der Waals surface area (Å²) < 4.78 is 3.75. The first-order valence-corrected chi connectivity index (χ1v) is 6.24. The Hall–Kier alpha value is -1.95. The number of aromatic nitrogens is 2. The Morgan fingerprint density at radius 2 is 2.06 bits per heavy atom. The van der Waals surface area contributed by atoms with Crippen LogP contribution in [-0.4, -0.2) is 15.5 Å². The summed E-state index contributed by atoms with van der Waals surface area (Å²) in [6.45, 7) is 5.66. The number of benzene rings is 1. The topological polar surface area (TPSA) is 80.9 Å². The van der Waals surface area contributed by atoms with Crippen LogP contribution in [0.3, 0.4) is 0 Å². The van der Waals surface area contributed by atoms with E-state index in [1.54, 1.807) is 13.0 Å². The molecular formula is C12H14N4OS. The molecule has 1 aromatic heterocycles. The van der Waals surface area contributed by atoms with Gasteiger partial charge in [-0.25, -0.2) is 0 Å². The van der Waals surface area contributed by atoms with Gasteiger partial charge in [-0.15, -0.1) is 5.10 Å². The van der Waals surface area contributed by atoms with Crippen molar-refractivity contribution in [1.82, 2.24) is 9.59 Å². The highest BCUT2D eigenvalue weighted by atomic mass is 32.1. The van der Waals surface area contributed by atoms with Gasteiger partial charge in [0.1, 0.15) is 4.88 Å². The molecule has 0 bridgehead atoms. The fraction of sp³-hybridized carbons (Fsp3) is 0.250. The van der Waals surface area contributed by atoms with Gasteiger partial charge in [-0.05, 0) is 49.5 Å². The number of carbonyl (C=O) groups excluding carboxylic acids is 1. The molecular weight excluding hydrogens is 248 g/mol. The zero-order valence-electron chi connectivity index (χ0n) is 10.4. The summed E-state index contributed by atoms with van der Waals surface area (Å²) in [4.78, 5) is 12.6. The van der Waals surface area contributed by atoms with E-state index in [2.05, 4.69) is 14.9 Å². The first kappa shape index (κ1) is 12.5. The van der Waals surface area contributed by atoms with Crippen molar-refractivity contribution in [2.75, 3.05) is 11.1 Å². The van der Waals surface area contributed by atoms with Gasteiger partial charge in [-0.3, -0.25) is 4.79 Å².